The zero-order valence-corrected chi connectivity index (χ0v) is 4.26. The van der Waals surface area contributed by atoms with Gasteiger partial charge in [0.2, 0.25) is 0 Å². The molecule has 0 aromatic rings. The minimum atomic E-state index is -2.61. The molecule has 0 radical (unpaired) electrons. The van der Waals surface area contributed by atoms with Gasteiger partial charge in [-0.2, -0.15) is 4.21 Å². The van der Waals surface area contributed by atoms with Crippen LogP contribution >= 0.6 is 0 Å². The average Bonchev–Trinajstić information content (AvgIpc) is 1.33. The van der Waals surface area contributed by atoms with Crippen LogP contribution in [0.3, 0.4) is 0 Å². The monoisotopic (exact) mass is 129 g/mol. The SMILES string of the molecule is NCO.O=S(O)O. The molecule has 46 valence electrons. The highest BCUT2D eigenvalue weighted by molar-refractivity contribution is 7.73. The van der Waals surface area contributed by atoms with Crippen molar-refractivity contribution in [3.8, 4) is 0 Å². The number of nitrogens with two attached hydrogens (primary N) is 1. The predicted octanol–water partition coefficient (Wildman–Crippen LogP) is -1.42. The Morgan fingerprint density at radius 3 is 1.57 bits per heavy atom. The summed E-state index contributed by atoms with van der Waals surface area (Å²) in [5.41, 5.74) is 4.40. The summed E-state index contributed by atoms with van der Waals surface area (Å²) in [6.45, 7) is -0.250. The van der Waals surface area contributed by atoms with Gasteiger partial charge in [-0.1, -0.05) is 0 Å². The summed E-state index contributed by atoms with van der Waals surface area (Å²) in [6, 6.07) is 0. The smallest absolute Gasteiger partial charge is 0.299 e. The molecule has 6 heteroatoms. The second kappa shape index (κ2) is 9.37. The van der Waals surface area contributed by atoms with Crippen LogP contribution in [0.25, 0.3) is 0 Å². The van der Waals surface area contributed by atoms with Crippen molar-refractivity contribution in [2.45, 2.75) is 0 Å². The van der Waals surface area contributed by atoms with E-state index in [0.29, 0.717) is 0 Å². The summed E-state index contributed by atoms with van der Waals surface area (Å²) in [6.07, 6.45) is 0. The Labute approximate surface area is 43.3 Å². The normalized spacial score (nSPS) is 7.57. The third kappa shape index (κ3) is 954000. The number of hydrogen-bond donors (Lipinski definition) is 4. The van der Waals surface area contributed by atoms with Crippen molar-refractivity contribution in [1.82, 2.24) is 0 Å². The summed E-state index contributed by atoms with van der Waals surface area (Å²) in [5.74, 6) is 0. The summed E-state index contributed by atoms with van der Waals surface area (Å²) >= 11 is -2.61. The molecule has 7 heavy (non-hydrogen) atoms. The highest BCUT2D eigenvalue weighted by Gasteiger charge is 1.62. The van der Waals surface area contributed by atoms with Gasteiger partial charge in [0.1, 0.15) is 0 Å². The van der Waals surface area contributed by atoms with E-state index >= 15 is 0 Å². The van der Waals surface area contributed by atoms with E-state index in [1.54, 1.807) is 0 Å². The quantitative estimate of drug-likeness (QED) is 0.237. The molecule has 0 heterocycles. The lowest BCUT2D eigenvalue weighted by Gasteiger charge is -1.59. The molecule has 0 atom stereocenters. The van der Waals surface area contributed by atoms with Crippen molar-refractivity contribution in [3.05, 3.63) is 0 Å². The van der Waals surface area contributed by atoms with Crippen molar-refractivity contribution in [2.75, 3.05) is 6.73 Å². The van der Waals surface area contributed by atoms with Crippen molar-refractivity contribution >= 4 is 11.4 Å². The average molecular weight is 129 g/mol. The van der Waals surface area contributed by atoms with Crippen LogP contribution in [0.15, 0.2) is 0 Å². The van der Waals surface area contributed by atoms with Gasteiger partial charge >= 0.3 is 0 Å². The maximum atomic E-state index is 8.67. The first-order valence-corrected chi connectivity index (χ1v) is 2.32. The van der Waals surface area contributed by atoms with Gasteiger partial charge in [-0.3, -0.25) is 9.11 Å². The van der Waals surface area contributed by atoms with E-state index in [0.717, 1.165) is 0 Å². The Hall–Kier alpha value is -0.0100. The molecule has 0 aliphatic carbocycles. The molecular formula is CH7NO4S. The molecule has 0 unspecified atom stereocenters. The van der Waals surface area contributed by atoms with E-state index in [1.807, 2.05) is 0 Å². The van der Waals surface area contributed by atoms with E-state index in [9.17, 15) is 0 Å². The van der Waals surface area contributed by atoms with Crippen LogP contribution in [-0.4, -0.2) is 25.2 Å². The Kier molecular flexibility index (Phi) is 13.5. The predicted molar refractivity (Wildman–Crippen MR) is 24.7 cm³/mol. The number of hydrogen-bond acceptors (Lipinski definition) is 3. The topological polar surface area (TPSA) is 104 Å². The van der Waals surface area contributed by atoms with Gasteiger partial charge in [0.05, 0.1) is 6.73 Å². The molecule has 0 bridgehead atoms. The van der Waals surface area contributed by atoms with Gasteiger partial charge in [0.15, 0.2) is 0 Å². The molecule has 0 aliphatic rings. The van der Waals surface area contributed by atoms with E-state index in [2.05, 4.69) is 5.73 Å². The van der Waals surface area contributed by atoms with Crippen molar-refractivity contribution < 1.29 is 18.4 Å². The van der Waals surface area contributed by atoms with Crippen LogP contribution in [0.5, 0.6) is 0 Å². The molecule has 0 amide bonds. The number of aliphatic hydroxyl groups excluding tert-OH is 1. The highest BCUT2D eigenvalue weighted by Crippen LogP contribution is 1.44. The van der Waals surface area contributed by atoms with Gasteiger partial charge in [-0.05, 0) is 0 Å². The second-order valence-corrected chi connectivity index (χ2v) is 0.875. The zero-order chi connectivity index (χ0) is 6.28. The molecule has 5 N–H and O–H groups in total. The molecule has 0 fully saturated rings. The lowest BCUT2D eigenvalue weighted by molar-refractivity contribution is 0.307. The molecular weight excluding hydrogens is 122 g/mol. The first-order valence-electron chi connectivity index (χ1n) is 1.26. The Morgan fingerprint density at radius 1 is 1.57 bits per heavy atom. The first-order chi connectivity index (χ1) is 3.15. The van der Waals surface area contributed by atoms with Gasteiger partial charge in [0, 0.05) is 0 Å². The molecule has 0 aromatic heterocycles. The minimum absolute atomic E-state index is 0.250. The van der Waals surface area contributed by atoms with E-state index in [4.69, 9.17) is 18.4 Å². The fraction of sp³-hybridized carbons (Fsp3) is 1.00. The third-order valence-corrected chi connectivity index (χ3v) is 0. The summed E-state index contributed by atoms with van der Waals surface area (Å²) in [7, 11) is 0. The molecule has 0 aromatic carbocycles. The first kappa shape index (κ1) is 10.1. The molecule has 5 nitrogen and oxygen atoms in total. The van der Waals surface area contributed by atoms with Gasteiger partial charge in [-0.15, -0.1) is 0 Å². The van der Waals surface area contributed by atoms with Crippen molar-refractivity contribution in [2.24, 2.45) is 5.73 Å². The fourth-order valence-corrected chi connectivity index (χ4v) is 0. The molecule has 0 rings (SSSR count). The van der Waals surface area contributed by atoms with Crippen molar-refractivity contribution in [3.63, 3.8) is 0 Å². The van der Waals surface area contributed by atoms with Crippen LogP contribution in [0.4, 0.5) is 0 Å². The lowest BCUT2D eigenvalue weighted by Crippen LogP contribution is -1.92. The number of aliphatic hydroxyl groups is 1. The lowest BCUT2D eigenvalue weighted by atomic mass is 11.4. The van der Waals surface area contributed by atoms with Gasteiger partial charge in [-0.25, -0.2) is 0 Å². The van der Waals surface area contributed by atoms with Crippen molar-refractivity contribution in [1.29, 1.82) is 0 Å². The largest absolute Gasteiger partial charge is 0.382 e. The zero-order valence-electron chi connectivity index (χ0n) is 3.44. The second-order valence-electron chi connectivity index (χ2n) is 0.413. The maximum Gasteiger partial charge on any atom is 0.299 e. The van der Waals surface area contributed by atoms with Crippen LogP contribution in [0.1, 0.15) is 0 Å². The Balaban J connectivity index is 0. The van der Waals surface area contributed by atoms with Gasteiger partial charge in [0.25, 0.3) is 11.4 Å². The third-order valence-electron chi connectivity index (χ3n) is 0. The van der Waals surface area contributed by atoms with Crippen LogP contribution in [0, 0.1) is 0 Å². The molecule has 0 saturated heterocycles. The summed E-state index contributed by atoms with van der Waals surface area (Å²) in [5, 5.41) is 7.35. The van der Waals surface area contributed by atoms with Crippen LogP contribution in [0.2, 0.25) is 0 Å². The fourth-order valence-electron chi connectivity index (χ4n) is 0. The minimum Gasteiger partial charge on any atom is -0.382 e. The Morgan fingerprint density at radius 2 is 1.57 bits per heavy atom. The molecule has 0 aliphatic heterocycles. The van der Waals surface area contributed by atoms with E-state index in [-0.39, 0.29) is 6.73 Å². The van der Waals surface area contributed by atoms with E-state index in [1.165, 1.54) is 0 Å². The molecule has 0 saturated carbocycles. The van der Waals surface area contributed by atoms with Crippen LogP contribution < -0.4 is 5.73 Å². The van der Waals surface area contributed by atoms with E-state index < -0.39 is 11.4 Å². The van der Waals surface area contributed by atoms with Crippen LogP contribution in [-0.2, 0) is 11.4 Å². The highest BCUT2D eigenvalue weighted by atomic mass is 32.2. The summed E-state index contributed by atoms with van der Waals surface area (Å²) < 4.78 is 22.8. The number of rotatable bonds is 0. The Bertz CT molecular complexity index is 43.0. The molecule has 0 spiro atoms. The standard InChI is InChI=1S/CH5NO.H2O3S/c2-1-3;1-4(2)3/h3H,1-2H2;(H2,1,2,3). The van der Waals surface area contributed by atoms with Gasteiger partial charge < -0.3 is 10.8 Å². The maximum absolute atomic E-state index is 8.67. The summed E-state index contributed by atoms with van der Waals surface area (Å²) in [4.78, 5) is 0.